The van der Waals surface area contributed by atoms with E-state index in [4.69, 9.17) is 16.3 Å². The fraction of sp³-hybridized carbons (Fsp3) is 0.625. The van der Waals surface area contributed by atoms with E-state index in [1.54, 1.807) is 12.1 Å². The van der Waals surface area contributed by atoms with E-state index in [0.29, 0.717) is 23.4 Å². The van der Waals surface area contributed by atoms with Gasteiger partial charge in [0.2, 0.25) is 0 Å². The van der Waals surface area contributed by atoms with E-state index in [2.05, 4.69) is 19.2 Å². The van der Waals surface area contributed by atoms with E-state index >= 15 is 0 Å². The van der Waals surface area contributed by atoms with E-state index in [1.165, 1.54) is 26.4 Å². The molecule has 3 atom stereocenters. The Morgan fingerprint density at radius 3 is 2.70 bits per heavy atom. The lowest BCUT2D eigenvalue weighted by molar-refractivity contribution is 0.225. The van der Waals surface area contributed by atoms with E-state index < -0.39 is 0 Å². The van der Waals surface area contributed by atoms with Crippen LogP contribution in [0.25, 0.3) is 0 Å². The summed E-state index contributed by atoms with van der Waals surface area (Å²) in [6.07, 6.45) is 3.66. The molecule has 0 heterocycles. The summed E-state index contributed by atoms with van der Waals surface area (Å²) in [6.45, 7) is 5.27. The van der Waals surface area contributed by atoms with Gasteiger partial charge in [-0.3, -0.25) is 0 Å². The molecule has 1 aromatic rings. The van der Waals surface area contributed by atoms with Crippen LogP contribution in [0.15, 0.2) is 12.1 Å². The highest BCUT2D eigenvalue weighted by Crippen LogP contribution is 2.34. The monoisotopic (exact) mass is 297 g/mol. The number of benzene rings is 1. The molecule has 3 unspecified atom stereocenters. The predicted molar refractivity (Wildman–Crippen MR) is 82.5 cm³/mol. The third-order valence-electron chi connectivity index (χ3n) is 4.52. The van der Waals surface area contributed by atoms with E-state index in [-0.39, 0.29) is 5.75 Å². The van der Waals surface area contributed by atoms with Crippen molar-refractivity contribution in [2.45, 2.75) is 45.7 Å². The number of halogens is 1. The molecule has 4 heteroatoms. The molecule has 1 aliphatic rings. The van der Waals surface area contributed by atoms with Crippen molar-refractivity contribution >= 4 is 11.6 Å². The molecule has 1 fully saturated rings. The van der Waals surface area contributed by atoms with Gasteiger partial charge in [0.05, 0.1) is 7.11 Å². The van der Waals surface area contributed by atoms with Crippen LogP contribution in [0, 0.1) is 11.8 Å². The quantitative estimate of drug-likeness (QED) is 0.883. The Hall–Kier alpha value is -0.930. The summed E-state index contributed by atoms with van der Waals surface area (Å²) >= 11 is 6.05. The lowest BCUT2D eigenvalue weighted by Crippen LogP contribution is -2.35. The lowest BCUT2D eigenvalue weighted by Gasteiger charge is -2.32. The molecule has 0 saturated heterocycles. The first-order valence-electron chi connectivity index (χ1n) is 7.30. The summed E-state index contributed by atoms with van der Waals surface area (Å²) in [5, 5.41) is 14.2. The maximum absolute atomic E-state index is 10.1. The minimum Gasteiger partial charge on any atom is -0.504 e. The number of methoxy groups -OCH3 is 1. The smallest absolute Gasteiger partial charge is 0.162 e. The van der Waals surface area contributed by atoms with Crippen molar-refractivity contribution in [3.63, 3.8) is 0 Å². The lowest BCUT2D eigenvalue weighted by atomic mass is 9.79. The molecule has 1 saturated carbocycles. The number of hydrogen-bond donors (Lipinski definition) is 2. The summed E-state index contributed by atoms with van der Waals surface area (Å²) in [5.74, 6) is 2.18. The first-order chi connectivity index (χ1) is 9.51. The maximum atomic E-state index is 10.1. The van der Waals surface area contributed by atoms with Crippen LogP contribution in [0.2, 0.25) is 5.02 Å². The topological polar surface area (TPSA) is 41.5 Å². The minimum atomic E-state index is 0.182. The molecule has 0 aromatic heterocycles. The van der Waals surface area contributed by atoms with Gasteiger partial charge >= 0.3 is 0 Å². The number of hydrogen-bond acceptors (Lipinski definition) is 3. The van der Waals surface area contributed by atoms with Gasteiger partial charge < -0.3 is 15.2 Å². The maximum Gasteiger partial charge on any atom is 0.162 e. The molecular formula is C16H24ClNO2. The van der Waals surface area contributed by atoms with Gasteiger partial charge in [-0.05, 0) is 37.2 Å². The van der Waals surface area contributed by atoms with Crippen LogP contribution in [0.3, 0.4) is 0 Å². The molecule has 112 valence electrons. The molecule has 1 aromatic carbocycles. The summed E-state index contributed by atoms with van der Waals surface area (Å²) in [5.41, 5.74) is 0.792. The second-order valence-electron chi connectivity index (χ2n) is 5.96. The second kappa shape index (κ2) is 6.68. The molecular weight excluding hydrogens is 274 g/mol. The molecule has 0 amide bonds. The van der Waals surface area contributed by atoms with Crippen LogP contribution in [-0.2, 0) is 6.54 Å². The fourth-order valence-corrected chi connectivity index (χ4v) is 3.14. The van der Waals surface area contributed by atoms with E-state index in [9.17, 15) is 5.11 Å². The van der Waals surface area contributed by atoms with E-state index in [0.717, 1.165) is 17.4 Å². The molecule has 2 rings (SSSR count). The van der Waals surface area contributed by atoms with Crippen molar-refractivity contribution in [3.05, 3.63) is 22.7 Å². The van der Waals surface area contributed by atoms with Crippen LogP contribution in [0.1, 0.15) is 38.7 Å². The SMILES string of the molecule is COc1cc(Cl)cc(CNC2CCC(C)C(C)C2)c1O. The number of ether oxygens (including phenoxy) is 1. The Labute approximate surface area is 126 Å². The summed E-state index contributed by atoms with van der Waals surface area (Å²) < 4.78 is 5.13. The van der Waals surface area contributed by atoms with Gasteiger partial charge in [0.15, 0.2) is 11.5 Å². The zero-order valence-corrected chi connectivity index (χ0v) is 13.2. The molecule has 0 bridgehead atoms. The number of phenolic OH excluding ortho intramolecular Hbond substituents is 1. The van der Waals surface area contributed by atoms with Crippen molar-refractivity contribution < 1.29 is 9.84 Å². The van der Waals surface area contributed by atoms with Crippen molar-refractivity contribution in [1.29, 1.82) is 0 Å². The first kappa shape index (κ1) is 15.5. The standard InChI is InChI=1S/C16H24ClNO2/c1-10-4-5-14(6-11(10)2)18-9-12-7-13(17)8-15(20-3)16(12)19/h7-8,10-11,14,18-19H,4-6,9H2,1-3H3. The highest BCUT2D eigenvalue weighted by atomic mass is 35.5. The van der Waals surface area contributed by atoms with Gasteiger partial charge in [0.25, 0.3) is 0 Å². The van der Waals surface area contributed by atoms with E-state index in [1.807, 2.05) is 0 Å². The molecule has 0 radical (unpaired) electrons. The zero-order chi connectivity index (χ0) is 14.7. The van der Waals surface area contributed by atoms with Gasteiger partial charge in [-0.2, -0.15) is 0 Å². The number of phenols is 1. The van der Waals surface area contributed by atoms with Crippen molar-refractivity contribution in [2.75, 3.05) is 7.11 Å². The highest BCUT2D eigenvalue weighted by molar-refractivity contribution is 6.30. The van der Waals surface area contributed by atoms with Crippen LogP contribution in [0.4, 0.5) is 0 Å². The van der Waals surface area contributed by atoms with Crippen molar-refractivity contribution in [2.24, 2.45) is 11.8 Å². The molecule has 3 nitrogen and oxygen atoms in total. The minimum absolute atomic E-state index is 0.182. The Balaban J connectivity index is 1.99. The normalized spacial score (nSPS) is 26.5. The molecule has 20 heavy (non-hydrogen) atoms. The third kappa shape index (κ3) is 3.58. The summed E-state index contributed by atoms with van der Waals surface area (Å²) in [7, 11) is 1.53. The summed E-state index contributed by atoms with van der Waals surface area (Å²) in [4.78, 5) is 0. The average Bonchev–Trinajstić information content (AvgIpc) is 2.43. The van der Waals surface area contributed by atoms with Crippen LogP contribution < -0.4 is 10.1 Å². The number of nitrogens with one attached hydrogen (secondary N) is 1. The Bertz CT molecular complexity index is 464. The Kier molecular flexibility index (Phi) is 5.17. The van der Waals surface area contributed by atoms with Gasteiger partial charge in [-0.25, -0.2) is 0 Å². The number of aromatic hydroxyl groups is 1. The summed E-state index contributed by atoms with van der Waals surface area (Å²) in [6, 6.07) is 3.94. The Morgan fingerprint density at radius 2 is 2.05 bits per heavy atom. The van der Waals surface area contributed by atoms with Crippen molar-refractivity contribution in [1.82, 2.24) is 5.32 Å². The molecule has 0 aliphatic heterocycles. The van der Waals surface area contributed by atoms with Crippen molar-refractivity contribution in [3.8, 4) is 11.5 Å². The molecule has 2 N–H and O–H groups in total. The van der Waals surface area contributed by atoms with Crippen LogP contribution in [0.5, 0.6) is 11.5 Å². The second-order valence-corrected chi connectivity index (χ2v) is 6.40. The first-order valence-corrected chi connectivity index (χ1v) is 7.67. The van der Waals surface area contributed by atoms with Gasteiger partial charge in [-0.15, -0.1) is 0 Å². The average molecular weight is 298 g/mol. The van der Waals surface area contributed by atoms with Gasteiger partial charge in [0.1, 0.15) is 0 Å². The fourth-order valence-electron chi connectivity index (χ4n) is 2.91. The number of rotatable bonds is 4. The van der Waals surface area contributed by atoms with Gasteiger partial charge in [-0.1, -0.05) is 25.4 Å². The highest BCUT2D eigenvalue weighted by Gasteiger charge is 2.24. The third-order valence-corrected chi connectivity index (χ3v) is 4.74. The van der Waals surface area contributed by atoms with Gasteiger partial charge in [0, 0.05) is 29.2 Å². The predicted octanol–water partition coefficient (Wildman–Crippen LogP) is 3.97. The zero-order valence-electron chi connectivity index (χ0n) is 12.4. The molecule has 0 spiro atoms. The van der Waals surface area contributed by atoms with Crippen LogP contribution in [-0.4, -0.2) is 18.3 Å². The van der Waals surface area contributed by atoms with Crippen LogP contribution >= 0.6 is 11.6 Å². The largest absolute Gasteiger partial charge is 0.504 e. The molecule has 1 aliphatic carbocycles. The Morgan fingerprint density at radius 1 is 1.30 bits per heavy atom.